The van der Waals surface area contributed by atoms with Gasteiger partial charge in [0.05, 0.1) is 6.54 Å². The van der Waals surface area contributed by atoms with Crippen molar-refractivity contribution in [3.8, 4) is 0 Å². The molecule has 0 saturated carbocycles. The molecule has 19 heavy (non-hydrogen) atoms. The molecule has 7 heteroatoms. The number of amides is 2. The van der Waals surface area contributed by atoms with E-state index in [-0.39, 0.29) is 37.3 Å². The molecule has 3 N–H and O–H groups in total. The van der Waals surface area contributed by atoms with E-state index in [0.29, 0.717) is 5.56 Å². The summed E-state index contributed by atoms with van der Waals surface area (Å²) >= 11 is 3.25. The third-order valence-corrected chi connectivity index (χ3v) is 3.28. The van der Waals surface area contributed by atoms with Crippen molar-refractivity contribution in [1.82, 2.24) is 16.0 Å². The van der Waals surface area contributed by atoms with Crippen molar-refractivity contribution in [2.75, 3.05) is 13.1 Å². The molecule has 1 saturated heterocycles. The van der Waals surface area contributed by atoms with Gasteiger partial charge in [-0.15, -0.1) is 0 Å². The molecule has 1 atom stereocenters. The quantitative estimate of drug-likeness (QED) is 0.746. The van der Waals surface area contributed by atoms with Crippen LogP contribution in [0.2, 0.25) is 0 Å². The lowest BCUT2D eigenvalue weighted by Crippen LogP contribution is -2.57. The van der Waals surface area contributed by atoms with Crippen LogP contribution in [0.4, 0.5) is 4.39 Å². The first-order valence-corrected chi connectivity index (χ1v) is 6.57. The zero-order valence-electron chi connectivity index (χ0n) is 10.0. The number of hydrogen-bond donors (Lipinski definition) is 3. The second-order valence-corrected chi connectivity index (χ2v) is 5.11. The molecule has 1 unspecified atom stereocenters. The van der Waals surface area contributed by atoms with Crippen LogP contribution in [0.1, 0.15) is 5.56 Å². The zero-order chi connectivity index (χ0) is 13.8. The van der Waals surface area contributed by atoms with E-state index in [4.69, 9.17) is 0 Å². The highest BCUT2D eigenvalue weighted by Gasteiger charge is 2.23. The molecule has 1 aromatic carbocycles. The largest absolute Gasteiger partial charge is 0.353 e. The summed E-state index contributed by atoms with van der Waals surface area (Å²) in [7, 11) is 0. The molecular weight excluding hydrogens is 317 g/mol. The van der Waals surface area contributed by atoms with E-state index >= 15 is 0 Å². The summed E-state index contributed by atoms with van der Waals surface area (Å²) < 4.78 is 14.2. The van der Waals surface area contributed by atoms with Crippen molar-refractivity contribution in [2.45, 2.75) is 12.6 Å². The van der Waals surface area contributed by atoms with Gasteiger partial charge < -0.3 is 10.6 Å². The Hall–Kier alpha value is -1.47. The summed E-state index contributed by atoms with van der Waals surface area (Å²) in [6, 6.07) is 4.07. The SMILES string of the molecule is O=C1CNC(C(=O)NCc2cc(Br)ccc2F)CN1. The minimum Gasteiger partial charge on any atom is -0.353 e. The van der Waals surface area contributed by atoms with Gasteiger partial charge in [0.2, 0.25) is 11.8 Å². The van der Waals surface area contributed by atoms with Gasteiger partial charge >= 0.3 is 0 Å². The Bertz CT molecular complexity index is 500. The molecule has 1 aliphatic heterocycles. The van der Waals surface area contributed by atoms with Crippen molar-refractivity contribution in [2.24, 2.45) is 0 Å². The maximum Gasteiger partial charge on any atom is 0.239 e. The maximum atomic E-state index is 13.5. The number of carbonyl (C=O) groups is 2. The highest BCUT2D eigenvalue weighted by atomic mass is 79.9. The second kappa shape index (κ2) is 6.12. The lowest BCUT2D eigenvalue weighted by atomic mass is 10.2. The van der Waals surface area contributed by atoms with Crippen molar-refractivity contribution in [3.63, 3.8) is 0 Å². The highest BCUT2D eigenvalue weighted by molar-refractivity contribution is 9.10. The smallest absolute Gasteiger partial charge is 0.239 e. The van der Waals surface area contributed by atoms with Crippen LogP contribution in [0.5, 0.6) is 0 Å². The summed E-state index contributed by atoms with van der Waals surface area (Å²) in [6.07, 6.45) is 0. The molecule has 0 aliphatic carbocycles. The van der Waals surface area contributed by atoms with Gasteiger partial charge in [0.1, 0.15) is 11.9 Å². The van der Waals surface area contributed by atoms with E-state index in [1.54, 1.807) is 12.1 Å². The van der Waals surface area contributed by atoms with Gasteiger partial charge in [-0.2, -0.15) is 0 Å². The van der Waals surface area contributed by atoms with E-state index in [9.17, 15) is 14.0 Å². The van der Waals surface area contributed by atoms with E-state index < -0.39 is 6.04 Å². The van der Waals surface area contributed by atoms with Crippen molar-refractivity contribution in [3.05, 3.63) is 34.1 Å². The number of benzene rings is 1. The summed E-state index contributed by atoms with van der Waals surface area (Å²) in [5.74, 6) is -0.769. The first-order valence-electron chi connectivity index (χ1n) is 5.78. The fraction of sp³-hybridized carbons (Fsp3) is 0.333. The number of hydrogen-bond acceptors (Lipinski definition) is 3. The van der Waals surface area contributed by atoms with E-state index in [0.717, 1.165) is 4.47 Å². The Morgan fingerprint density at radius 2 is 2.32 bits per heavy atom. The third kappa shape index (κ3) is 3.74. The first-order chi connectivity index (χ1) is 9.06. The van der Waals surface area contributed by atoms with Gasteiger partial charge in [0.25, 0.3) is 0 Å². The molecule has 1 aliphatic rings. The minimum absolute atomic E-state index is 0.107. The molecule has 2 amide bonds. The van der Waals surface area contributed by atoms with E-state index in [1.807, 2.05) is 0 Å². The standard InChI is InChI=1S/C12H13BrFN3O2/c13-8-1-2-9(14)7(3-8)4-17-12(19)10-5-16-11(18)6-15-10/h1-3,10,15H,4-6H2,(H,16,18)(H,17,19). The summed E-state index contributed by atoms with van der Waals surface area (Å²) in [4.78, 5) is 22.7. The molecule has 1 heterocycles. The van der Waals surface area contributed by atoms with Crippen LogP contribution in [0.3, 0.4) is 0 Å². The van der Waals surface area contributed by atoms with Crippen LogP contribution in [0, 0.1) is 5.82 Å². The molecule has 0 spiro atoms. The second-order valence-electron chi connectivity index (χ2n) is 4.19. The van der Waals surface area contributed by atoms with Gasteiger partial charge in [0, 0.05) is 23.1 Å². The zero-order valence-corrected chi connectivity index (χ0v) is 11.6. The maximum absolute atomic E-state index is 13.5. The fourth-order valence-electron chi connectivity index (χ4n) is 1.74. The number of halogens is 2. The molecule has 0 aromatic heterocycles. The lowest BCUT2D eigenvalue weighted by Gasteiger charge is -2.23. The lowest BCUT2D eigenvalue weighted by molar-refractivity contribution is -0.126. The monoisotopic (exact) mass is 329 g/mol. The van der Waals surface area contributed by atoms with Crippen LogP contribution in [0.15, 0.2) is 22.7 Å². The number of piperazine rings is 1. The molecular formula is C12H13BrFN3O2. The van der Waals surface area contributed by atoms with Crippen LogP contribution in [0.25, 0.3) is 0 Å². The first kappa shape index (κ1) is 14.0. The van der Waals surface area contributed by atoms with Crippen LogP contribution < -0.4 is 16.0 Å². The average molecular weight is 330 g/mol. The molecule has 0 radical (unpaired) electrons. The normalized spacial score (nSPS) is 18.8. The van der Waals surface area contributed by atoms with E-state index in [2.05, 4.69) is 31.9 Å². The summed E-state index contributed by atoms with van der Waals surface area (Å²) in [5, 5.41) is 8.03. The fourth-order valence-corrected chi connectivity index (χ4v) is 2.14. The van der Waals surface area contributed by atoms with Gasteiger partial charge in [-0.1, -0.05) is 15.9 Å². The van der Waals surface area contributed by atoms with E-state index in [1.165, 1.54) is 6.07 Å². The Labute approximate surface area is 118 Å². The number of nitrogens with one attached hydrogen (secondary N) is 3. The third-order valence-electron chi connectivity index (χ3n) is 2.79. The molecule has 2 rings (SSSR count). The molecule has 0 bridgehead atoms. The Kier molecular flexibility index (Phi) is 4.49. The van der Waals surface area contributed by atoms with Crippen molar-refractivity contribution >= 4 is 27.7 Å². The highest BCUT2D eigenvalue weighted by Crippen LogP contribution is 2.15. The van der Waals surface area contributed by atoms with Crippen LogP contribution in [-0.2, 0) is 16.1 Å². The van der Waals surface area contributed by atoms with Crippen LogP contribution in [-0.4, -0.2) is 30.9 Å². The Balaban J connectivity index is 1.89. The topological polar surface area (TPSA) is 70.2 Å². The van der Waals surface area contributed by atoms with Crippen molar-refractivity contribution < 1.29 is 14.0 Å². The molecule has 102 valence electrons. The molecule has 5 nitrogen and oxygen atoms in total. The van der Waals surface area contributed by atoms with Crippen LogP contribution >= 0.6 is 15.9 Å². The van der Waals surface area contributed by atoms with Gasteiger partial charge in [-0.05, 0) is 18.2 Å². The minimum atomic E-state index is -0.479. The Morgan fingerprint density at radius 3 is 3.00 bits per heavy atom. The number of carbonyl (C=O) groups excluding carboxylic acids is 2. The van der Waals surface area contributed by atoms with Gasteiger partial charge in [-0.25, -0.2) is 4.39 Å². The predicted molar refractivity (Wildman–Crippen MR) is 70.7 cm³/mol. The number of rotatable bonds is 3. The van der Waals surface area contributed by atoms with Gasteiger partial charge in [-0.3, -0.25) is 14.9 Å². The summed E-state index contributed by atoms with van der Waals surface area (Å²) in [6.45, 7) is 0.463. The van der Waals surface area contributed by atoms with Gasteiger partial charge in [0.15, 0.2) is 0 Å². The predicted octanol–water partition coefficient (Wildman–Crippen LogP) is 0.292. The van der Waals surface area contributed by atoms with Crippen molar-refractivity contribution in [1.29, 1.82) is 0 Å². The summed E-state index contributed by atoms with van der Waals surface area (Å²) in [5.41, 5.74) is 0.405. The Morgan fingerprint density at radius 1 is 1.53 bits per heavy atom. The average Bonchev–Trinajstić information content (AvgIpc) is 2.40. The molecule has 1 fully saturated rings. The molecule has 1 aromatic rings.